The van der Waals surface area contributed by atoms with E-state index in [4.69, 9.17) is 5.26 Å². The lowest BCUT2D eigenvalue weighted by atomic mass is 10.1. The van der Waals surface area contributed by atoms with Gasteiger partial charge in [0.2, 0.25) is 0 Å². The van der Waals surface area contributed by atoms with Crippen molar-refractivity contribution in [3.05, 3.63) is 72.2 Å². The maximum Gasteiger partial charge on any atom is 0.191 e. The van der Waals surface area contributed by atoms with Crippen molar-refractivity contribution in [2.24, 2.45) is 7.05 Å². The monoisotopic (exact) mass is 387 g/mol. The minimum absolute atomic E-state index is 0.212. The predicted molar refractivity (Wildman–Crippen MR) is 107 cm³/mol. The highest BCUT2D eigenvalue weighted by atomic mass is 32.2. The Kier molecular flexibility index (Phi) is 4.91. The molecule has 138 valence electrons. The van der Waals surface area contributed by atoms with Gasteiger partial charge >= 0.3 is 0 Å². The van der Waals surface area contributed by atoms with Gasteiger partial charge in [-0.05, 0) is 36.8 Å². The van der Waals surface area contributed by atoms with Crippen molar-refractivity contribution in [3.63, 3.8) is 0 Å². The third-order valence-corrected chi connectivity index (χ3v) is 5.57. The van der Waals surface area contributed by atoms with Crippen LogP contribution in [0.5, 0.6) is 0 Å². The molecule has 2 aromatic heterocycles. The van der Waals surface area contributed by atoms with Crippen LogP contribution in [0.3, 0.4) is 0 Å². The zero-order valence-corrected chi connectivity index (χ0v) is 16.2. The fourth-order valence-electron chi connectivity index (χ4n) is 2.76. The second-order valence-electron chi connectivity index (χ2n) is 6.32. The first kappa shape index (κ1) is 17.9. The highest BCUT2D eigenvalue weighted by molar-refractivity contribution is 7.99. The van der Waals surface area contributed by atoms with Gasteiger partial charge in [-0.25, -0.2) is 4.68 Å². The van der Waals surface area contributed by atoms with E-state index in [1.54, 1.807) is 34.9 Å². The quantitative estimate of drug-likeness (QED) is 0.484. The second-order valence-corrected chi connectivity index (χ2v) is 7.62. The molecule has 0 saturated heterocycles. The van der Waals surface area contributed by atoms with E-state index in [2.05, 4.69) is 45.6 Å². The molecule has 4 rings (SSSR count). The lowest BCUT2D eigenvalue weighted by Crippen LogP contribution is -1.98. The molecule has 4 aromatic rings. The molecular weight excluding hydrogens is 370 g/mol. The molecule has 8 heteroatoms. The Labute approximate surface area is 166 Å². The Morgan fingerprint density at radius 1 is 1.11 bits per heavy atom. The average Bonchev–Trinajstić information content (AvgIpc) is 3.38. The summed E-state index contributed by atoms with van der Waals surface area (Å²) in [5, 5.41) is 26.6. The van der Waals surface area contributed by atoms with E-state index >= 15 is 0 Å². The van der Waals surface area contributed by atoms with Gasteiger partial charge in [-0.15, -0.1) is 15.3 Å². The summed E-state index contributed by atoms with van der Waals surface area (Å²) in [5.74, 6) is 0. The third-order valence-electron chi connectivity index (χ3n) is 4.36. The lowest BCUT2D eigenvalue weighted by Gasteiger charge is -2.12. The molecule has 0 aliphatic rings. The SMILES string of the molecule is CC(Sc1nncn1C)c1cccc(-n2cc(-c3ccc(C#N)cc3)nn2)c1. The minimum Gasteiger partial charge on any atom is -0.312 e. The fraction of sp³-hybridized carbons (Fsp3) is 0.150. The number of hydrogen-bond acceptors (Lipinski definition) is 6. The van der Waals surface area contributed by atoms with Crippen molar-refractivity contribution in [1.29, 1.82) is 5.26 Å². The molecule has 0 N–H and O–H groups in total. The molecule has 0 aliphatic carbocycles. The standard InChI is InChI=1S/C20H17N7S/c1-14(28-20-24-22-13-26(20)2)17-4-3-5-18(10-17)27-12-19(23-25-27)16-8-6-15(11-21)7-9-16/h3-10,12-14H,1-2H3. The first-order valence-corrected chi connectivity index (χ1v) is 9.56. The number of aromatic nitrogens is 6. The van der Waals surface area contributed by atoms with E-state index in [0.29, 0.717) is 5.56 Å². The number of hydrogen-bond donors (Lipinski definition) is 0. The van der Waals surface area contributed by atoms with Gasteiger partial charge in [-0.2, -0.15) is 5.26 Å². The average molecular weight is 387 g/mol. The Morgan fingerprint density at radius 2 is 1.93 bits per heavy atom. The van der Waals surface area contributed by atoms with Gasteiger partial charge < -0.3 is 4.57 Å². The van der Waals surface area contributed by atoms with E-state index in [9.17, 15) is 0 Å². The molecule has 1 atom stereocenters. The number of rotatable bonds is 5. The molecule has 0 saturated carbocycles. The Hall–Kier alpha value is -3.44. The van der Waals surface area contributed by atoms with Crippen LogP contribution in [0.1, 0.15) is 23.3 Å². The molecule has 0 bridgehead atoms. The second kappa shape index (κ2) is 7.66. The van der Waals surface area contributed by atoms with Crippen molar-refractivity contribution < 1.29 is 0 Å². The largest absolute Gasteiger partial charge is 0.312 e. The number of aryl methyl sites for hydroxylation is 1. The molecule has 28 heavy (non-hydrogen) atoms. The zero-order chi connectivity index (χ0) is 19.5. The van der Waals surface area contributed by atoms with Gasteiger partial charge in [0.05, 0.1) is 23.5 Å². The maximum atomic E-state index is 8.93. The van der Waals surface area contributed by atoms with Gasteiger partial charge in [0.1, 0.15) is 12.0 Å². The predicted octanol–water partition coefficient (Wildman–Crippen LogP) is 3.79. The molecule has 0 fully saturated rings. The molecule has 0 amide bonds. The van der Waals surface area contributed by atoms with Crippen LogP contribution in [0.2, 0.25) is 0 Å². The van der Waals surface area contributed by atoms with Crippen LogP contribution < -0.4 is 0 Å². The summed E-state index contributed by atoms with van der Waals surface area (Å²) >= 11 is 1.66. The fourth-order valence-corrected chi connectivity index (χ4v) is 3.67. The van der Waals surface area contributed by atoms with Crippen molar-refractivity contribution >= 4 is 11.8 Å². The number of benzene rings is 2. The highest BCUT2D eigenvalue weighted by Gasteiger charge is 2.13. The summed E-state index contributed by atoms with van der Waals surface area (Å²) in [6.45, 7) is 2.14. The van der Waals surface area contributed by atoms with Crippen molar-refractivity contribution in [3.8, 4) is 23.0 Å². The van der Waals surface area contributed by atoms with Crippen molar-refractivity contribution in [2.45, 2.75) is 17.3 Å². The summed E-state index contributed by atoms with van der Waals surface area (Å²) in [4.78, 5) is 0. The van der Waals surface area contributed by atoms with E-state index in [1.165, 1.54) is 5.56 Å². The normalized spacial score (nSPS) is 11.9. The Bertz CT molecular complexity index is 1140. The summed E-state index contributed by atoms with van der Waals surface area (Å²) in [6.07, 6.45) is 3.59. The van der Waals surface area contributed by atoms with Crippen LogP contribution in [0.4, 0.5) is 0 Å². The van der Waals surface area contributed by atoms with Crippen molar-refractivity contribution in [2.75, 3.05) is 0 Å². The lowest BCUT2D eigenvalue weighted by molar-refractivity contribution is 0.784. The topological polar surface area (TPSA) is 85.2 Å². The Morgan fingerprint density at radius 3 is 2.64 bits per heavy atom. The first-order valence-electron chi connectivity index (χ1n) is 8.68. The number of nitrogens with zero attached hydrogens (tertiary/aromatic N) is 7. The first-order chi connectivity index (χ1) is 13.6. The zero-order valence-electron chi connectivity index (χ0n) is 15.4. The Balaban J connectivity index is 1.57. The molecular formula is C20H17N7S. The molecule has 0 spiro atoms. The summed E-state index contributed by atoms with van der Waals surface area (Å²) in [7, 11) is 1.94. The van der Waals surface area contributed by atoms with Gasteiger partial charge in [0.25, 0.3) is 0 Å². The summed E-state index contributed by atoms with van der Waals surface area (Å²) in [6, 6.07) is 17.6. The smallest absolute Gasteiger partial charge is 0.191 e. The summed E-state index contributed by atoms with van der Waals surface area (Å²) in [5.41, 5.74) is 4.42. The van der Waals surface area contributed by atoms with Crippen molar-refractivity contribution in [1.82, 2.24) is 29.8 Å². The molecule has 2 aromatic carbocycles. The molecule has 1 unspecified atom stereocenters. The van der Waals surface area contributed by atoms with Crippen LogP contribution in [-0.4, -0.2) is 29.8 Å². The molecule has 7 nitrogen and oxygen atoms in total. The van der Waals surface area contributed by atoms with Gasteiger partial charge in [-0.1, -0.05) is 41.2 Å². The minimum atomic E-state index is 0.212. The van der Waals surface area contributed by atoms with Crippen LogP contribution in [-0.2, 0) is 7.05 Å². The summed E-state index contributed by atoms with van der Waals surface area (Å²) < 4.78 is 3.67. The van der Waals surface area contributed by atoms with Crippen LogP contribution in [0, 0.1) is 11.3 Å². The van der Waals surface area contributed by atoms with E-state index in [-0.39, 0.29) is 5.25 Å². The molecule has 0 radical (unpaired) electrons. The van der Waals surface area contributed by atoms with Gasteiger partial charge in [-0.3, -0.25) is 0 Å². The number of nitriles is 1. The van der Waals surface area contributed by atoms with E-state index < -0.39 is 0 Å². The highest BCUT2D eigenvalue weighted by Crippen LogP contribution is 2.33. The number of thioether (sulfide) groups is 1. The van der Waals surface area contributed by atoms with E-state index in [0.717, 1.165) is 22.1 Å². The third kappa shape index (κ3) is 3.66. The van der Waals surface area contributed by atoms with Crippen LogP contribution >= 0.6 is 11.8 Å². The van der Waals surface area contributed by atoms with E-state index in [1.807, 2.05) is 42.1 Å². The van der Waals surface area contributed by atoms with Gasteiger partial charge in [0, 0.05) is 17.9 Å². The molecule has 0 aliphatic heterocycles. The van der Waals surface area contributed by atoms with Crippen LogP contribution in [0.25, 0.3) is 16.9 Å². The van der Waals surface area contributed by atoms with Gasteiger partial charge in [0.15, 0.2) is 5.16 Å². The maximum absolute atomic E-state index is 8.93. The molecule has 2 heterocycles. The van der Waals surface area contributed by atoms with Crippen LogP contribution in [0.15, 0.2) is 66.2 Å².